The number of benzene rings is 1. The van der Waals surface area contributed by atoms with Crippen LogP contribution in [0.2, 0.25) is 0 Å². The lowest BCUT2D eigenvalue weighted by molar-refractivity contribution is -0.147. The van der Waals surface area contributed by atoms with E-state index >= 15 is 0 Å². The van der Waals surface area contributed by atoms with Crippen LogP contribution in [-0.2, 0) is 16.1 Å². The molecule has 1 aromatic carbocycles. The minimum Gasteiger partial charge on any atom is -0.335 e. The van der Waals surface area contributed by atoms with E-state index in [1.54, 1.807) is 15.8 Å². The Labute approximate surface area is 154 Å². The fourth-order valence-corrected chi connectivity index (χ4v) is 3.47. The van der Waals surface area contributed by atoms with E-state index < -0.39 is 6.04 Å². The van der Waals surface area contributed by atoms with Gasteiger partial charge in [0.1, 0.15) is 6.04 Å². The lowest BCUT2D eigenvalue weighted by atomic mass is 10.1. The predicted molar refractivity (Wildman–Crippen MR) is 99.6 cm³/mol. The summed E-state index contributed by atoms with van der Waals surface area (Å²) in [5.74, 6) is -0.0693. The third-order valence-electron chi connectivity index (χ3n) is 4.77. The monoisotopic (exact) mass is 354 g/mol. The SMILES string of the molecule is Cc1cc(C)cc(CN2CCN(C(=O)C(C)n3cc(C)cn3)CC2=O)c1. The van der Waals surface area contributed by atoms with Crippen LogP contribution in [0.5, 0.6) is 0 Å². The van der Waals surface area contributed by atoms with Gasteiger partial charge in [-0.2, -0.15) is 5.10 Å². The maximum Gasteiger partial charge on any atom is 0.247 e. The highest BCUT2D eigenvalue weighted by Gasteiger charge is 2.30. The second-order valence-corrected chi connectivity index (χ2v) is 7.24. The zero-order valence-corrected chi connectivity index (χ0v) is 15.9. The first kappa shape index (κ1) is 18.2. The third kappa shape index (κ3) is 3.95. The van der Waals surface area contributed by atoms with Gasteiger partial charge in [0.15, 0.2) is 0 Å². The van der Waals surface area contributed by atoms with Gasteiger partial charge in [0.05, 0.1) is 12.7 Å². The van der Waals surface area contributed by atoms with Crippen LogP contribution in [0.25, 0.3) is 0 Å². The normalized spacial score (nSPS) is 16.1. The molecule has 26 heavy (non-hydrogen) atoms. The molecule has 2 amide bonds. The topological polar surface area (TPSA) is 58.4 Å². The molecule has 2 aromatic rings. The molecule has 1 fully saturated rings. The molecule has 1 aromatic heterocycles. The van der Waals surface area contributed by atoms with Crippen molar-refractivity contribution in [2.24, 2.45) is 0 Å². The van der Waals surface area contributed by atoms with E-state index in [0.717, 1.165) is 11.1 Å². The maximum atomic E-state index is 12.7. The summed E-state index contributed by atoms with van der Waals surface area (Å²) in [6.07, 6.45) is 3.58. The molecule has 0 N–H and O–H groups in total. The van der Waals surface area contributed by atoms with E-state index in [4.69, 9.17) is 0 Å². The van der Waals surface area contributed by atoms with Crippen molar-refractivity contribution in [2.45, 2.75) is 40.3 Å². The van der Waals surface area contributed by atoms with Crippen LogP contribution in [0.4, 0.5) is 0 Å². The second-order valence-electron chi connectivity index (χ2n) is 7.24. The Morgan fingerprint density at radius 3 is 2.38 bits per heavy atom. The molecule has 138 valence electrons. The van der Waals surface area contributed by atoms with Crippen LogP contribution in [-0.4, -0.2) is 51.0 Å². The van der Waals surface area contributed by atoms with Gasteiger partial charge in [0.25, 0.3) is 0 Å². The van der Waals surface area contributed by atoms with Gasteiger partial charge in [0.2, 0.25) is 11.8 Å². The lowest BCUT2D eigenvalue weighted by Crippen LogP contribution is -2.53. The van der Waals surface area contributed by atoms with Gasteiger partial charge >= 0.3 is 0 Å². The minimum atomic E-state index is -0.400. The standard InChI is InChI=1S/C20H26N4O2/c1-14-7-15(2)9-18(8-14)12-22-5-6-23(13-19(22)25)20(26)17(4)24-11-16(3)10-21-24/h7-11,17H,5-6,12-13H2,1-4H3. The summed E-state index contributed by atoms with van der Waals surface area (Å²) in [4.78, 5) is 28.7. The van der Waals surface area contributed by atoms with E-state index in [1.165, 1.54) is 11.1 Å². The number of hydrogen-bond acceptors (Lipinski definition) is 3. The molecule has 0 spiro atoms. The molecule has 1 aliphatic heterocycles. The second kappa shape index (κ2) is 7.32. The summed E-state index contributed by atoms with van der Waals surface area (Å²) in [5.41, 5.74) is 4.55. The number of hydrogen-bond donors (Lipinski definition) is 0. The molecule has 1 aliphatic rings. The first-order chi connectivity index (χ1) is 12.3. The molecule has 6 heteroatoms. The Morgan fingerprint density at radius 1 is 1.12 bits per heavy atom. The summed E-state index contributed by atoms with van der Waals surface area (Å²) >= 11 is 0. The molecule has 1 unspecified atom stereocenters. The Hall–Kier alpha value is -2.63. The van der Waals surface area contributed by atoms with Crippen molar-refractivity contribution >= 4 is 11.8 Å². The van der Waals surface area contributed by atoms with Crippen molar-refractivity contribution in [2.75, 3.05) is 19.6 Å². The van der Waals surface area contributed by atoms with Crippen molar-refractivity contribution in [3.8, 4) is 0 Å². The van der Waals surface area contributed by atoms with Gasteiger partial charge in [0, 0.05) is 25.8 Å². The smallest absolute Gasteiger partial charge is 0.247 e. The number of aromatic nitrogens is 2. The van der Waals surface area contributed by atoms with E-state index in [9.17, 15) is 9.59 Å². The van der Waals surface area contributed by atoms with Gasteiger partial charge < -0.3 is 9.80 Å². The highest BCUT2D eigenvalue weighted by molar-refractivity contribution is 5.87. The fourth-order valence-electron chi connectivity index (χ4n) is 3.47. The van der Waals surface area contributed by atoms with Crippen LogP contribution >= 0.6 is 0 Å². The number of piperazine rings is 1. The average Bonchev–Trinajstić information content (AvgIpc) is 3.01. The fraction of sp³-hybridized carbons (Fsp3) is 0.450. The van der Waals surface area contributed by atoms with Crippen molar-refractivity contribution in [3.63, 3.8) is 0 Å². The third-order valence-corrected chi connectivity index (χ3v) is 4.77. The lowest BCUT2D eigenvalue weighted by Gasteiger charge is -2.35. The van der Waals surface area contributed by atoms with Crippen LogP contribution in [0.15, 0.2) is 30.6 Å². The highest BCUT2D eigenvalue weighted by Crippen LogP contribution is 2.16. The largest absolute Gasteiger partial charge is 0.335 e. The van der Waals surface area contributed by atoms with Gasteiger partial charge in [-0.3, -0.25) is 14.3 Å². The van der Waals surface area contributed by atoms with E-state index in [2.05, 4.69) is 37.1 Å². The molecule has 3 rings (SSSR count). The Morgan fingerprint density at radius 2 is 1.81 bits per heavy atom. The Bertz CT molecular complexity index is 807. The summed E-state index contributed by atoms with van der Waals surface area (Å²) in [6.45, 7) is 9.73. The van der Waals surface area contributed by atoms with Crippen molar-refractivity contribution in [3.05, 3.63) is 52.8 Å². The minimum absolute atomic E-state index is 0.00685. The molecule has 0 bridgehead atoms. The predicted octanol–water partition coefficient (Wildman–Crippen LogP) is 2.24. The quantitative estimate of drug-likeness (QED) is 0.846. The first-order valence-corrected chi connectivity index (χ1v) is 8.98. The number of carbonyl (C=O) groups excluding carboxylic acids is 2. The number of amides is 2. The van der Waals surface area contributed by atoms with E-state index in [-0.39, 0.29) is 18.4 Å². The van der Waals surface area contributed by atoms with Crippen LogP contribution in [0.3, 0.4) is 0 Å². The average molecular weight is 354 g/mol. The molecule has 2 heterocycles. The number of carbonyl (C=O) groups is 2. The molecule has 1 atom stereocenters. The molecule has 0 saturated carbocycles. The van der Waals surface area contributed by atoms with Crippen molar-refractivity contribution in [1.82, 2.24) is 19.6 Å². The van der Waals surface area contributed by atoms with Gasteiger partial charge in [-0.05, 0) is 38.8 Å². The summed E-state index contributed by atoms with van der Waals surface area (Å²) in [7, 11) is 0. The molecule has 0 aliphatic carbocycles. The highest BCUT2D eigenvalue weighted by atomic mass is 16.2. The molecular formula is C20H26N4O2. The van der Waals surface area contributed by atoms with Crippen LogP contribution in [0.1, 0.15) is 35.2 Å². The van der Waals surface area contributed by atoms with Gasteiger partial charge in [-0.15, -0.1) is 0 Å². The summed E-state index contributed by atoms with van der Waals surface area (Å²) in [5, 5.41) is 4.21. The van der Waals surface area contributed by atoms with Crippen molar-refractivity contribution < 1.29 is 9.59 Å². The number of nitrogens with zero attached hydrogens (tertiary/aromatic N) is 4. The molecule has 6 nitrogen and oxygen atoms in total. The van der Waals surface area contributed by atoms with Gasteiger partial charge in [-0.1, -0.05) is 29.3 Å². The number of rotatable bonds is 4. The summed E-state index contributed by atoms with van der Waals surface area (Å²) in [6, 6.07) is 5.95. The zero-order chi connectivity index (χ0) is 18.8. The zero-order valence-electron chi connectivity index (χ0n) is 15.9. The Kier molecular flexibility index (Phi) is 5.11. The van der Waals surface area contributed by atoms with E-state index in [0.29, 0.717) is 19.6 Å². The van der Waals surface area contributed by atoms with Crippen LogP contribution in [0, 0.1) is 20.8 Å². The first-order valence-electron chi connectivity index (χ1n) is 8.98. The number of aryl methyl sites for hydroxylation is 3. The molecular weight excluding hydrogens is 328 g/mol. The van der Waals surface area contributed by atoms with Crippen LogP contribution < -0.4 is 0 Å². The molecule has 1 saturated heterocycles. The Balaban J connectivity index is 1.62. The van der Waals surface area contributed by atoms with Gasteiger partial charge in [-0.25, -0.2) is 0 Å². The maximum absolute atomic E-state index is 12.7. The van der Waals surface area contributed by atoms with Crippen molar-refractivity contribution in [1.29, 1.82) is 0 Å². The summed E-state index contributed by atoms with van der Waals surface area (Å²) < 4.78 is 1.66. The van der Waals surface area contributed by atoms with E-state index in [1.807, 2.05) is 24.9 Å². The molecule has 0 radical (unpaired) electrons.